The molecule has 0 heterocycles. The van der Waals surface area contributed by atoms with Crippen molar-refractivity contribution in [2.45, 2.75) is 38.9 Å². The Bertz CT molecular complexity index is 703. The molecule has 0 atom stereocenters. The van der Waals surface area contributed by atoms with Crippen molar-refractivity contribution in [3.8, 4) is 22.6 Å². The van der Waals surface area contributed by atoms with Crippen molar-refractivity contribution >= 4 is 17.9 Å². The van der Waals surface area contributed by atoms with Crippen molar-refractivity contribution in [3.05, 3.63) is 35.9 Å². The molecule has 0 saturated heterocycles. The van der Waals surface area contributed by atoms with E-state index in [4.69, 9.17) is 0 Å². The molecule has 0 amide bonds. The minimum absolute atomic E-state index is 0.0469. The van der Waals surface area contributed by atoms with E-state index in [-0.39, 0.29) is 10.8 Å². The number of hydrogen-bond acceptors (Lipinski definition) is 2. The summed E-state index contributed by atoms with van der Waals surface area (Å²) in [6.07, 6.45) is 0. The zero-order chi connectivity index (χ0) is 16.1. The molecule has 0 bridgehead atoms. The zero-order valence-electron chi connectivity index (χ0n) is 13.3. The van der Waals surface area contributed by atoms with Gasteiger partial charge in [-0.25, -0.2) is 8.42 Å². The largest absolute Gasteiger partial charge is 0.227 e. The van der Waals surface area contributed by atoms with Crippen molar-refractivity contribution in [2.75, 3.05) is 5.75 Å². The first-order chi connectivity index (χ1) is 9.54. The molecule has 1 rings (SSSR count). The van der Waals surface area contributed by atoms with Gasteiger partial charge in [-0.1, -0.05) is 63.9 Å². The maximum absolute atomic E-state index is 11.9. The van der Waals surface area contributed by atoms with Crippen LogP contribution in [0.3, 0.4) is 0 Å². The van der Waals surface area contributed by atoms with Gasteiger partial charge in [-0.15, -0.1) is 5.54 Å². The number of benzene rings is 1. The van der Waals surface area contributed by atoms with E-state index in [1.54, 1.807) is 0 Å². The third-order valence-corrected chi connectivity index (χ3v) is 9.28. The highest BCUT2D eigenvalue weighted by atomic mass is 32.2. The molecule has 0 aliphatic carbocycles. The fourth-order valence-corrected chi connectivity index (χ4v) is 3.54. The van der Waals surface area contributed by atoms with Crippen LogP contribution >= 0.6 is 0 Å². The summed E-state index contributed by atoms with van der Waals surface area (Å²) in [7, 11) is -5.35. The topological polar surface area (TPSA) is 34.1 Å². The molecular formula is C17H22O2SSi. The second-order valence-electron chi connectivity index (χ2n) is 6.53. The normalized spacial score (nSPS) is 11.9. The monoisotopic (exact) mass is 318 g/mol. The average molecular weight is 319 g/mol. The Morgan fingerprint density at radius 1 is 1.10 bits per heavy atom. The predicted molar refractivity (Wildman–Crippen MR) is 92.1 cm³/mol. The molecule has 1 aromatic carbocycles. The Kier molecular flexibility index (Phi) is 5.45. The van der Waals surface area contributed by atoms with E-state index in [0.717, 1.165) is 5.56 Å². The van der Waals surface area contributed by atoms with Crippen LogP contribution in [0.2, 0.25) is 18.1 Å². The van der Waals surface area contributed by atoms with Crippen LogP contribution in [0.25, 0.3) is 0 Å². The van der Waals surface area contributed by atoms with E-state index in [0.29, 0.717) is 0 Å². The quantitative estimate of drug-likeness (QED) is 0.587. The van der Waals surface area contributed by atoms with E-state index in [1.165, 1.54) is 0 Å². The van der Waals surface area contributed by atoms with Crippen molar-refractivity contribution in [1.29, 1.82) is 0 Å². The van der Waals surface area contributed by atoms with Crippen LogP contribution in [0.15, 0.2) is 30.3 Å². The second kappa shape index (κ2) is 6.51. The lowest BCUT2D eigenvalue weighted by molar-refractivity contribution is 0.609. The Hall–Kier alpha value is -1.49. The molecule has 2 nitrogen and oxygen atoms in total. The molecular weight excluding hydrogens is 296 g/mol. The SMILES string of the molecule is CC(C)(C)[Si](C)(C)C#CS(=O)(=O)CC#Cc1ccccc1. The van der Waals surface area contributed by atoms with E-state index in [9.17, 15) is 8.42 Å². The summed E-state index contributed by atoms with van der Waals surface area (Å²) < 4.78 is 23.9. The molecule has 0 spiro atoms. The number of sulfone groups is 1. The molecule has 112 valence electrons. The van der Waals surface area contributed by atoms with Gasteiger partial charge in [0, 0.05) is 10.8 Å². The Morgan fingerprint density at radius 3 is 2.19 bits per heavy atom. The van der Waals surface area contributed by atoms with E-state index in [1.807, 2.05) is 30.3 Å². The Labute approximate surface area is 129 Å². The van der Waals surface area contributed by atoms with E-state index < -0.39 is 17.9 Å². The van der Waals surface area contributed by atoms with Crippen LogP contribution in [0.4, 0.5) is 0 Å². The minimum atomic E-state index is -3.45. The van der Waals surface area contributed by atoms with E-state index >= 15 is 0 Å². The molecule has 0 unspecified atom stereocenters. The van der Waals surface area contributed by atoms with Crippen LogP contribution < -0.4 is 0 Å². The summed E-state index contributed by atoms with van der Waals surface area (Å²) in [5, 5.41) is 2.52. The fraction of sp³-hybridized carbons (Fsp3) is 0.412. The van der Waals surface area contributed by atoms with Gasteiger partial charge in [-0.2, -0.15) is 0 Å². The van der Waals surface area contributed by atoms with Gasteiger partial charge in [0.2, 0.25) is 9.84 Å². The molecule has 0 fully saturated rings. The smallest absolute Gasteiger partial charge is 0.214 e. The summed E-state index contributed by atoms with van der Waals surface area (Å²) in [6.45, 7) is 10.5. The molecule has 0 radical (unpaired) electrons. The van der Waals surface area contributed by atoms with Gasteiger partial charge >= 0.3 is 0 Å². The summed E-state index contributed by atoms with van der Waals surface area (Å²) in [5.41, 5.74) is 3.83. The van der Waals surface area contributed by atoms with Crippen LogP contribution in [0, 0.1) is 22.6 Å². The van der Waals surface area contributed by atoms with Gasteiger partial charge in [-0.3, -0.25) is 0 Å². The molecule has 4 heteroatoms. The third kappa shape index (κ3) is 5.79. The molecule has 0 N–H and O–H groups in total. The van der Waals surface area contributed by atoms with Crippen LogP contribution in [0.1, 0.15) is 26.3 Å². The highest BCUT2D eigenvalue weighted by Crippen LogP contribution is 2.35. The Morgan fingerprint density at radius 2 is 1.67 bits per heavy atom. The van der Waals surface area contributed by atoms with Crippen molar-refractivity contribution < 1.29 is 8.42 Å². The average Bonchev–Trinajstić information content (AvgIpc) is 2.36. The molecule has 0 aliphatic rings. The maximum Gasteiger partial charge on any atom is 0.227 e. The lowest BCUT2D eigenvalue weighted by atomic mass is 10.2. The van der Waals surface area contributed by atoms with Gasteiger partial charge in [0.05, 0.1) is 0 Å². The third-order valence-electron chi connectivity index (χ3n) is 3.66. The molecule has 0 saturated carbocycles. The van der Waals surface area contributed by atoms with Crippen molar-refractivity contribution in [3.63, 3.8) is 0 Å². The highest BCUT2D eigenvalue weighted by Gasteiger charge is 2.34. The predicted octanol–water partition coefficient (Wildman–Crippen LogP) is 3.46. The zero-order valence-corrected chi connectivity index (χ0v) is 15.1. The summed E-state index contributed by atoms with van der Waals surface area (Å²) in [5.74, 6) is 5.32. The van der Waals surface area contributed by atoms with Gasteiger partial charge < -0.3 is 0 Å². The first-order valence-electron chi connectivity index (χ1n) is 6.84. The fourth-order valence-electron chi connectivity index (χ4n) is 1.18. The molecule has 0 aromatic heterocycles. The second-order valence-corrected chi connectivity index (χ2v) is 13.3. The van der Waals surface area contributed by atoms with Crippen LogP contribution in [0.5, 0.6) is 0 Å². The summed E-state index contributed by atoms with van der Waals surface area (Å²) in [4.78, 5) is 0. The highest BCUT2D eigenvalue weighted by molar-refractivity contribution is 7.96. The van der Waals surface area contributed by atoms with Crippen molar-refractivity contribution in [2.24, 2.45) is 0 Å². The molecule has 1 aromatic rings. The lowest BCUT2D eigenvalue weighted by Gasteiger charge is -2.31. The first-order valence-corrected chi connectivity index (χ1v) is 11.5. The standard InChI is InChI=1S/C17H22O2SSi/c1-17(2,3)21(4,5)15-14-20(18,19)13-9-12-16-10-7-6-8-11-16/h6-8,10-11H,13H2,1-5H3. The molecule has 0 aliphatic heterocycles. The summed E-state index contributed by atoms with van der Waals surface area (Å²) >= 11 is 0. The van der Waals surface area contributed by atoms with Crippen molar-refractivity contribution in [1.82, 2.24) is 0 Å². The van der Waals surface area contributed by atoms with Gasteiger partial charge in [-0.05, 0) is 17.2 Å². The van der Waals surface area contributed by atoms with E-state index in [2.05, 4.69) is 56.5 Å². The van der Waals surface area contributed by atoms with Crippen LogP contribution in [-0.2, 0) is 9.84 Å². The molecule has 21 heavy (non-hydrogen) atoms. The Balaban J connectivity index is 2.84. The number of hydrogen-bond donors (Lipinski definition) is 0. The first kappa shape index (κ1) is 17.6. The van der Waals surface area contributed by atoms with Crippen LogP contribution in [-0.4, -0.2) is 22.2 Å². The van der Waals surface area contributed by atoms with Gasteiger partial charge in [0.25, 0.3) is 0 Å². The van der Waals surface area contributed by atoms with Gasteiger partial charge in [0.15, 0.2) is 0 Å². The lowest BCUT2D eigenvalue weighted by Crippen LogP contribution is -2.35. The minimum Gasteiger partial charge on any atom is -0.214 e. The maximum atomic E-state index is 11.9. The number of rotatable bonds is 1. The van der Waals surface area contributed by atoms with Gasteiger partial charge in [0.1, 0.15) is 13.8 Å². The summed E-state index contributed by atoms with van der Waals surface area (Å²) in [6, 6.07) is 9.33.